The Balaban J connectivity index is 4.22. The average Bonchev–Trinajstić information content (AvgIpc) is 1.64. The highest BCUT2D eigenvalue weighted by molar-refractivity contribution is 6.00. The highest BCUT2D eigenvalue weighted by Gasteiger charge is 2.35. The molecule has 0 unspecified atom stereocenters. The standard InChI is InChI=1S/C4HF3NO/c5-4(6,7)3(9)1-2-8/h1H/q-1. The molecular formula is C4HF3NO-. The fourth-order valence-electron chi connectivity index (χ4n) is 0.140. The first-order valence-electron chi connectivity index (χ1n) is 1.82. The van der Waals surface area contributed by atoms with Gasteiger partial charge < -0.3 is 5.41 Å². The number of alkyl halides is 3. The quantitative estimate of drug-likeness (QED) is 0.390. The van der Waals surface area contributed by atoms with Crippen LogP contribution in [0.1, 0.15) is 0 Å². The molecule has 0 saturated carbocycles. The van der Waals surface area contributed by atoms with E-state index in [1.54, 1.807) is 0 Å². The van der Waals surface area contributed by atoms with Gasteiger partial charge in [0.15, 0.2) is 0 Å². The van der Waals surface area contributed by atoms with E-state index in [1.165, 1.54) is 0 Å². The van der Waals surface area contributed by atoms with Crippen molar-refractivity contribution in [3.8, 4) is 0 Å². The number of carbonyl (C=O) groups excluding carboxylic acids is 1. The van der Waals surface area contributed by atoms with Crippen molar-refractivity contribution in [2.45, 2.75) is 6.18 Å². The number of ketones is 1. The molecule has 0 N–H and O–H groups in total. The average molecular weight is 136 g/mol. The first-order chi connectivity index (χ1) is 3.98. The third-order valence-corrected chi connectivity index (χ3v) is 0.475. The van der Waals surface area contributed by atoms with Gasteiger partial charge in [0.25, 0.3) is 5.78 Å². The summed E-state index contributed by atoms with van der Waals surface area (Å²) in [5.74, 6) is -1.14. The van der Waals surface area contributed by atoms with Gasteiger partial charge in [0.05, 0.1) is 0 Å². The van der Waals surface area contributed by atoms with E-state index in [9.17, 15) is 18.0 Å². The van der Waals surface area contributed by atoms with Crippen LogP contribution in [0.25, 0.3) is 5.41 Å². The van der Waals surface area contributed by atoms with Gasteiger partial charge in [0.1, 0.15) is 0 Å². The highest BCUT2D eigenvalue weighted by atomic mass is 19.4. The van der Waals surface area contributed by atoms with Crippen molar-refractivity contribution in [2.24, 2.45) is 0 Å². The van der Waals surface area contributed by atoms with Crippen LogP contribution >= 0.6 is 0 Å². The number of allylic oxidation sites excluding steroid dienone is 1. The maximum Gasteiger partial charge on any atom is 0.454 e. The van der Waals surface area contributed by atoms with Crippen molar-refractivity contribution < 1.29 is 18.0 Å². The second kappa shape index (κ2) is 2.46. The molecular weight excluding hydrogens is 135 g/mol. The van der Waals surface area contributed by atoms with Crippen LogP contribution in [-0.2, 0) is 4.79 Å². The van der Waals surface area contributed by atoms with E-state index >= 15 is 0 Å². The van der Waals surface area contributed by atoms with Crippen molar-refractivity contribution >= 4 is 11.7 Å². The van der Waals surface area contributed by atoms with Gasteiger partial charge in [-0.1, -0.05) is 0 Å². The Morgan fingerprint density at radius 2 is 2.00 bits per heavy atom. The molecule has 9 heavy (non-hydrogen) atoms. The summed E-state index contributed by atoms with van der Waals surface area (Å²) < 4.78 is 33.3. The summed E-state index contributed by atoms with van der Waals surface area (Å²) in [7, 11) is 0. The Morgan fingerprint density at radius 3 is 2.11 bits per heavy atom. The zero-order valence-electron chi connectivity index (χ0n) is 4.07. The lowest BCUT2D eigenvalue weighted by Crippen LogP contribution is -2.19. The molecule has 0 aromatic carbocycles. The smallest absolute Gasteiger partial charge is 0.454 e. The molecule has 0 amide bonds. The van der Waals surface area contributed by atoms with Crippen LogP contribution in [0, 0.1) is 0 Å². The first kappa shape index (κ1) is 7.91. The van der Waals surface area contributed by atoms with E-state index in [2.05, 4.69) is 0 Å². The number of rotatable bonds is 1. The Hall–Kier alpha value is -1.09. The molecule has 0 aliphatic heterocycles. The second-order valence-electron chi connectivity index (χ2n) is 1.14. The lowest BCUT2D eigenvalue weighted by atomic mass is 10.4. The van der Waals surface area contributed by atoms with Gasteiger partial charge in [-0.05, 0) is 0 Å². The van der Waals surface area contributed by atoms with Crippen molar-refractivity contribution in [2.75, 3.05) is 0 Å². The Labute approximate surface area is 48.5 Å². The molecule has 0 bridgehead atoms. The maximum atomic E-state index is 11.1. The summed E-state index contributed by atoms with van der Waals surface area (Å²) in [6.07, 6.45) is -4.99. The van der Waals surface area contributed by atoms with Crippen LogP contribution in [0.15, 0.2) is 6.08 Å². The molecule has 0 heterocycles. The normalized spacial score (nSPS) is 10.1. The third-order valence-electron chi connectivity index (χ3n) is 0.475. The number of hydrogen-bond acceptors (Lipinski definition) is 1. The van der Waals surface area contributed by atoms with Gasteiger partial charge in [0.2, 0.25) is 0 Å². The number of hydrogen-bond donors (Lipinski definition) is 0. The van der Waals surface area contributed by atoms with E-state index in [4.69, 9.17) is 5.41 Å². The third kappa shape index (κ3) is 2.66. The fraction of sp³-hybridized carbons (Fsp3) is 0.250. The van der Waals surface area contributed by atoms with E-state index in [-0.39, 0.29) is 6.08 Å². The largest absolute Gasteiger partial charge is 0.763 e. The van der Waals surface area contributed by atoms with E-state index in [0.29, 0.717) is 0 Å². The van der Waals surface area contributed by atoms with Gasteiger partial charge in [-0.25, -0.2) is 0 Å². The molecule has 2 nitrogen and oxygen atoms in total. The summed E-state index contributed by atoms with van der Waals surface area (Å²) >= 11 is 0. The van der Waals surface area contributed by atoms with Gasteiger partial charge in [-0.15, -0.1) is 0 Å². The maximum absolute atomic E-state index is 11.1. The predicted molar refractivity (Wildman–Crippen MR) is 24.0 cm³/mol. The SMILES string of the molecule is [N-]=C=CC(=O)C(F)(F)F. The Morgan fingerprint density at radius 1 is 1.56 bits per heavy atom. The molecule has 0 aromatic heterocycles. The van der Waals surface area contributed by atoms with Crippen molar-refractivity contribution in [1.82, 2.24) is 0 Å². The molecule has 0 aromatic rings. The molecule has 0 atom stereocenters. The monoisotopic (exact) mass is 136 g/mol. The summed E-state index contributed by atoms with van der Waals surface area (Å²) in [4.78, 5) is 9.66. The summed E-state index contributed by atoms with van der Waals surface area (Å²) in [5, 5.41) is 7.57. The highest BCUT2D eigenvalue weighted by Crippen LogP contribution is 2.15. The first-order valence-corrected chi connectivity index (χ1v) is 1.82. The molecule has 0 saturated heterocycles. The van der Waals surface area contributed by atoms with Crippen LogP contribution in [-0.4, -0.2) is 17.8 Å². The topological polar surface area (TPSA) is 39.4 Å². The lowest BCUT2D eigenvalue weighted by molar-refractivity contribution is -0.165. The fourth-order valence-corrected chi connectivity index (χ4v) is 0.140. The molecule has 0 rings (SSSR count). The van der Waals surface area contributed by atoms with Crippen LogP contribution in [0.2, 0.25) is 0 Å². The van der Waals surface area contributed by atoms with Crippen LogP contribution < -0.4 is 0 Å². The predicted octanol–water partition coefficient (Wildman–Crippen LogP) is 0.913. The minimum absolute atomic E-state index is 0.0833. The molecule has 0 radical (unpaired) electrons. The zero-order chi connectivity index (χ0) is 7.49. The van der Waals surface area contributed by atoms with Gasteiger partial charge in [-0.3, -0.25) is 10.7 Å². The van der Waals surface area contributed by atoms with Crippen LogP contribution in [0.5, 0.6) is 0 Å². The number of carbonyl (C=O) groups is 1. The molecule has 5 heteroatoms. The van der Waals surface area contributed by atoms with Crippen molar-refractivity contribution in [3.63, 3.8) is 0 Å². The Bertz CT molecular complexity index is 165. The number of nitrogens with zero attached hydrogens (tertiary/aromatic N) is 1. The molecule has 0 aliphatic carbocycles. The molecule has 0 fully saturated rings. The molecule has 0 spiro atoms. The zero-order valence-corrected chi connectivity index (χ0v) is 4.07. The summed E-state index contributed by atoms with van der Waals surface area (Å²) in [6.45, 7) is 0. The van der Waals surface area contributed by atoms with Gasteiger partial charge >= 0.3 is 6.18 Å². The van der Waals surface area contributed by atoms with Crippen LogP contribution in [0.4, 0.5) is 13.2 Å². The van der Waals surface area contributed by atoms with Gasteiger partial charge in [-0.2, -0.15) is 13.2 Å². The minimum atomic E-state index is -4.91. The summed E-state index contributed by atoms with van der Waals surface area (Å²) in [6, 6.07) is 0. The summed E-state index contributed by atoms with van der Waals surface area (Å²) in [5.41, 5.74) is 0. The lowest BCUT2D eigenvalue weighted by Gasteiger charge is -1.97. The van der Waals surface area contributed by atoms with E-state index < -0.39 is 12.0 Å². The van der Waals surface area contributed by atoms with Crippen molar-refractivity contribution in [3.05, 3.63) is 11.5 Å². The Kier molecular flexibility index (Phi) is 2.16. The molecule has 50 valence electrons. The van der Waals surface area contributed by atoms with Crippen molar-refractivity contribution in [1.29, 1.82) is 0 Å². The second-order valence-corrected chi connectivity index (χ2v) is 1.14. The van der Waals surface area contributed by atoms with E-state index in [1.807, 2.05) is 0 Å². The van der Waals surface area contributed by atoms with E-state index in [0.717, 1.165) is 5.87 Å². The van der Waals surface area contributed by atoms with Gasteiger partial charge in [0, 0.05) is 6.08 Å². The molecule has 0 aliphatic rings. The van der Waals surface area contributed by atoms with Crippen LogP contribution in [0.3, 0.4) is 0 Å². The number of halogens is 3. The minimum Gasteiger partial charge on any atom is -0.763 e.